The molecule has 0 bridgehead atoms. The summed E-state index contributed by atoms with van der Waals surface area (Å²) in [6.45, 7) is 0.984. The third-order valence-corrected chi connectivity index (χ3v) is 5.71. The van der Waals surface area contributed by atoms with Gasteiger partial charge in [0.1, 0.15) is 0 Å². The predicted octanol–water partition coefficient (Wildman–Crippen LogP) is 3.83. The second kappa shape index (κ2) is 9.38. The van der Waals surface area contributed by atoms with E-state index in [0.717, 1.165) is 17.5 Å². The molecule has 0 unspecified atom stereocenters. The number of pyridine rings is 1. The SMILES string of the molecule is O=S(=O)(NCCNCC=Cc1ccc(C(F)(F)F)cc1)c1nccc2ccccc12. The molecule has 5 nitrogen and oxygen atoms in total. The highest BCUT2D eigenvalue weighted by molar-refractivity contribution is 7.89. The number of alkyl halides is 3. The lowest BCUT2D eigenvalue weighted by Gasteiger charge is -2.09. The van der Waals surface area contributed by atoms with Crippen LogP contribution in [0.15, 0.2) is 71.9 Å². The molecule has 3 rings (SSSR count). The zero-order valence-electron chi connectivity index (χ0n) is 15.9. The lowest BCUT2D eigenvalue weighted by atomic mass is 10.1. The first kappa shape index (κ1) is 21.9. The molecule has 0 saturated carbocycles. The van der Waals surface area contributed by atoms with E-state index in [0.29, 0.717) is 24.0 Å². The van der Waals surface area contributed by atoms with E-state index in [1.54, 1.807) is 30.4 Å². The second-order valence-corrected chi connectivity index (χ2v) is 8.14. The van der Waals surface area contributed by atoms with Crippen molar-refractivity contribution < 1.29 is 21.6 Å². The molecule has 0 aliphatic rings. The molecule has 30 heavy (non-hydrogen) atoms. The van der Waals surface area contributed by atoms with Gasteiger partial charge >= 0.3 is 6.18 Å². The summed E-state index contributed by atoms with van der Waals surface area (Å²) in [5.74, 6) is 0. The number of hydrogen-bond acceptors (Lipinski definition) is 4. The van der Waals surface area contributed by atoms with Crippen LogP contribution in [0, 0.1) is 0 Å². The molecular weight excluding hydrogens is 415 g/mol. The molecule has 158 valence electrons. The Balaban J connectivity index is 1.46. The molecule has 0 radical (unpaired) electrons. The highest BCUT2D eigenvalue weighted by atomic mass is 32.2. The lowest BCUT2D eigenvalue weighted by molar-refractivity contribution is -0.137. The van der Waals surface area contributed by atoms with Gasteiger partial charge in [-0.2, -0.15) is 13.2 Å². The molecule has 0 amide bonds. The van der Waals surface area contributed by atoms with Crippen molar-refractivity contribution in [3.63, 3.8) is 0 Å². The molecular formula is C21H20F3N3O2S. The molecule has 9 heteroatoms. The summed E-state index contributed by atoms with van der Waals surface area (Å²) < 4.78 is 65.2. The van der Waals surface area contributed by atoms with Gasteiger partial charge < -0.3 is 5.32 Å². The molecule has 2 aromatic carbocycles. The third kappa shape index (κ3) is 5.65. The van der Waals surface area contributed by atoms with Crippen LogP contribution in [-0.2, 0) is 16.2 Å². The van der Waals surface area contributed by atoms with Crippen LogP contribution >= 0.6 is 0 Å². The molecule has 0 spiro atoms. The first-order chi connectivity index (χ1) is 14.3. The minimum atomic E-state index is -4.35. The molecule has 1 aromatic heterocycles. The summed E-state index contributed by atoms with van der Waals surface area (Å²) in [6.07, 6.45) is 0.556. The molecule has 0 atom stereocenters. The van der Waals surface area contributed by atoms with Crippen LogP contribution in [0.25, 0.3) is 16.8 Å². The maximum absolute atomic E-state index is 12.5. The number of rotatable bonds is 8. The topological polar surface area (TPSA) is 71.1 Å². The summed E-state index contributed by atoms with van der Waals surface area (Å²) in [5.41, 5.74) is -0.0433. The smallest absolute Gasteiger partial charge is 0.312 e. The Morgan fingerprint density at radius 2 is 1.70 bits per heavy atom. The fourth-order valence-corrected chi connectivity index (χ4v) is 3.99. The van der Waals surface area contributed by atoms with Crippen molar-refractivity contribution in [2.45, 2.75) is 11.2 Å². The summed E-state index contributed by atoms with van der Waals surface area (Å²) in [7, 11) is -3.75. The van der Waals surface area contributed by atoms with Crippen molar-refractivity contribution >= 4 is 26.9 Å². The third-order valence-electron chi connectivity index (χ3n) is 4.30. The Morgan fingerprint density at radius 1 is 0.967 bits per heavy atom. The van der Waals surface area contributed by atoms with Gasteiger partial charge in [0.25, 0.3) is 10.0 Å². The van der Waals surface area contributed by atoms with Crippen molar-refractivity contribution in [2.75, 3.05) is 19.6 Å². The van der Waals surface area contributed by atoms with Gasteiger partial charge in [-0.1, -0.05) is 48.6 Å². The quantitative estimate of drug-likeness (QED) is 0.528. The number of nitrogens with one attached hydrogen (secondary N) is 2. The van der Waals surface area contributed by atoms with Crippen LogP contribution in [-0.4, -0.2) is 33.0 Å². The highest BCUT2D eigenvalue weighted by Gasteiger charge is 2.29. The zero-order valence-corrected chi connectivity index (χ0v) is 16.7. The van der Waals surface area contributed by atoms with E-state index in [1.807, 2.05) is 12.1 Å². The Bertz CT molecular complexity index is 1120. The standard InChI is InChI=1S/C21H20F3N3O2S/c22-21(23,24)18-9-7-16(8-10-18)4-3-12-25-14-15-27-30(28,29)20-19-6-2-1-5-17(19)11-13-26-20/h1-11,13,25,27H,12,14-15H2. The van der Waals surface area contributed by atoms with Gasteiger partial charge in [-0.25, -0.2) is 18.1 Å². The molecule has 2 N–H and O–H groups in total. The van der Waals surface area contributed by atoms with E-state index in [2.05, 4.69) is 15.0 Å². The van der Waals surface area contributed by atoms with Gasteiger partial charge in [-0.05, 0) is 29.1 Å². The summed E-state index contributed by atoms with van der Waals surface area (Å²) in [4.78, 5) is 4.01. The van der Waals surface area contributed by atoms with Gasteiger partial charge in [-0.3, -0.25) is 0 Å². The van der Waals surface area contributed by atoms with Crippen LogP contribution in [0.5, 0.6) is 0 Å². The maximum Gasteiger partial charge on any atom is 0.416 e. The van der Waals surface area contributed by atoms with Crippen molar-refractivity contribution in [3.05, 3.63) is 78.0 Å². The van der Waals surface area contributed by atoms with Gasteiger partial charge in [0, 0.05) is 31.2 Å². The van der Waals surface area contributed by atoms with E-state index in [1.165, 1.54) is 18.3 Å². The van der Waals surface area contributed by atoms with E-state index >= 15 is 0 Å². The Hall–Kier alpha value is -2.75. The van der Waals surface area contributed by atoms with Gasteiger partial charge in [-0.15, -0.1) is 0 Å². The van der Waals surface area contributed by atoms with Crippen molar-refractivity contribution in [1.82, 2.24) is 15.0 Å². The zero-order chi connectivity index (χ0) is 21.6. The number of benzene rings is 2. The van der Waals surface area contributed by atoms with E-state index < -0.39 is 21.8 Å². The molecule has 3 aromatic rings. The normalized spacial score (nSPS) is 12.6. The van der Waals surface area contributed by atoms with Gasteiger partial charge in [0.05, 0.1) is 5.56 Å². The summed E-state index contributed by atoms with van der Waals surface area (Å²) in [6, 6.07) is 13.7. The lowest BCUT2D eigenvalue weighted by Crippen LogP contribution is -2.32. The fraction of sp³-hybridized carbons (Fsp3) is 0.190. The monoisotopic (exact) mass is 435 g/mol. The molecule has 0 aliphatic heterocycles. The number of fused-ring (bicyclic) bond motifs is 1. The number of sulfonamides is 1. The molecule has 0 fully saturated rings. The molecule has 0 aliphatic carbocycles. The Kier molecular flexibility index (Phi) is 6.86. The summed E-state index contributed by atoms with van der Waals surface area (Å²) >= 11 is 0. The first-order valence-electron chi connectivity index (χ1n) is 9.15. The van der Waals surface area contributed by atoms with Crippen molar-refractivity contribution in [2.24, 2.45) is 0 Å². The highest BCUT2D eigenvalue weighted by Crippen LogP contribution is 2.29. The average Bonchev–Trinajstić information content (AvgIpc) is 2.72. The van der Waals surface area contributed by atoms with Crippen LogP contribution in [0.3, 0.4) is 0 Å². The molecule has 1 heterocycles. The minimum absolute atomic E-state index is 0.0113. The maximum atomic E-state index is 12.5. The van der Waals surface area contributed by atoms with Crippen LogP contribution < -0.4 is 10.0 Å². The average molecular weight is 435 g/mol. The predicted molar refractivity (Wildman–Crippen MR) is 110 cm³/mol. The number of nitrogens with zero attached hydrogens (tertiary/aromatic N) is 1. The van der Waals surface area contributed by atoms with Crippen LogP contribution in [0.2, 0.25) is 0 Å². The van der Waals surface area contributed by atoms with E-state index in [-0.39, 0.29) is 11.6 Å². The Morgan fingerprint density at radius 3 is 2.43 bits per heavy atom. The van der Waals surface area contributed by atoms with Crippen LogP contribution in [0.4, 0.5) is 13.2 Å². The number of hydrogen-bond donors (Lipinski definition) is 2. The Labute approximate surface area is 172 Å². The fourth-order valence-electron chi connectivity index (χ4n) is 2.81. The van der Waals surface area contributed by atoms with Gasteiger partial charge in [0.2, 0.25) is 0 Å². The number of halogens is 3. The largest absolute Gasteiger partial charge is 0.416 e. The summed E-state index contributed by atoms with van der Waals surface area (Å²) in [5, 5.41) is 4.37. The van der Waals surface area contributed by atoms with E-state index in [9.17, 15) is 21.6 Å². The van der Waals surface area contributed by atoms with Crippen molar-refractivity contribution in [1.29, 1.82) is 0 Å². The van der Waals surface area contributed by atoms with E-state index in [4.69, 9.17) is 0 Å². The first-order valence-corrected chi connectivity index (χ1v) is 10.6. The van der Waals surface area contributed by atoms with Crippen LogP contribution in [0.1, 0.15) is 11.1 Å². The molecule has 0 saturated heterocycles. The number of aromatic nitrogens is 1. The van der Waals surface area contributed by atoms with Gasteiger partial charge in [0.15, 0.2) is 5.03 Å². The van der Waals surface area contributed by atoms with Crippen molar-refractivity contribution in [3.8, 4) is 0 Å². The second-order valence-electron chi connectivity index (χ2n) is 6.46. The minimum Gasteiger partial charge on any atom is -0.312 e.